The lowest BCUT2D eigenvalue weighted by Crippen LogP contribution is -2.50. The summed E-state index contributed by atoms with van der Waals surface area (Å²) in [6.07, 6.45) is 3.12. The number of hydrogen-bond acceptors (Lipinski definition) is 2. The first-order valence-corrected chi connectivity index (χ1v) is 6.74. The number of nitrogens with zero attached hydrogens (tertiary/aromatic N) is 2. The third-order valence-corrected chi connectivity index (χ3v) is 3.55. The number of likely N-dealkylation sites (tertiary alicyclic amines) is 1. The summed E-state index contributed by atoms with van der Waals surface area (Å²) < 4.78 is 0. The fourth-order valence-corrected chi connectivity index (χ4v) is 2.48. The first-order valence-electron chi connectivity index (χ1n) is 6.21. The van der Waals surface area contributed by atoms with Crippen molar-refractivity contribution in [3.05, 3.63) is 0 Å². The highest BCUT2D eigenvalue weighted by atomic mass is 35.5. The molecule has 1 aliphatic heterocycles. The lowest BCUT2D eigenvalue weighted by atomic mass is 10.0. The molecule has 1 atom stereocenters. The van der Waals surface area contributed by atoms with Gasteiger partial charge in [0.15, 0.2) is 0 Å². The third kappa shape index (κ3) is 3.87. The molecule has 0 radical (unpaired) electrons. The number of rotatable bonds is 4. The summed E-state index contributed by atoms with van der Waals surface area (Å²) in [6.45, 7) is 5.62. The summed E-state index contributed by atoms with van der Waals surface area (Å²) in [5.41, 5.74) is 0. The van der Waals surface area contributed by atoms with E-state index < -0.39 is 0 Å². The van der Waals surface area contributed by atoms with Gasteiger partial charge in [-0.1, -0.05) is 0 Å². The molecule has 4 nitrogen and oxygen atoms in total. The lowest BCUT2D eigenvalue weighted by molar-refractivity contribution is -0.136. The number of likely N-dealkylation sites (N-methyl/N-ethyl adjacent to an activating group) is 1. The van der Waals surface area contributed by atoms with E-state index >= 15 is 0 Å². The summed E-state index contributed by atoms with van der Waals surface area (Å²) >= 11 is 5.61. The predicted octanol–water partition coefficient (Wildman–Crippen LogP) is 1.47. The van der Waals surface area contributed by atoms with Crippen molar-refractivity contribution < 1.29 is 9.59 Å². The van der Waals surface area contributed by atoms with Gasteiger partial charge < -0.3 is 9.80 Å². The number of carbonyl (C=O) groups is 2. The van der Waals surface area contributed by atoms with Crippen molar-refractivity contribution in [1.82, 2.24) is 9.80 Å². The molecule has 1 fully saturated rings. The van der Waals surface area contributed by atoms with Gasteiger partial charge in [-0.15, -0.1) is 11.6 Å². The number of hydrogen-bond donors (Lipinski definition) is 0. The van der Waals surface area contributed by atoms with E-state index in [1.807, 2.05) is 11.8 Å². The largest absolute Gasteiger partial charge is 0.341 e. The lowest BCUT2D eigenvalue weighted by Gasteiger charge is -2.38. The molecule has 17 heavy (non-hydrogen) atoms. The van der Waals surface area contributed by atoms with Crippen LogP contribution in [0.15, 0.2) is 0 Å². The summed E-state index contributed by atoms with van der Waals surface area (Å²) in [6, 6.07) is 0.138. The number of halogens is 1. The van der Waals surface area contributed by atoms with Crippen LogP contribution in [0.4, 0.5) is 0 Å². The molecule has 0 aromatic rings. The molecule has 0 bridgehead atoms. The highest BCUT2D eigenvalue weighted by molar-refractivity contribution is 6.27. The minimum absolute atomic E-state index is 0.0176. The Morgan fingerprint density at radius 3 is 2.65 bits per heavy atom. The van der Waals surface area contributed by atoms with Crippen LogP contribution >= 0.6 is 11.6 Å². The molecule has 2 amide bonds. The monoisotopic (exact) mass is 260 g/mol. The van der Waals surface area contributed by atoms with Crippen molar-refractivity contribution in [3.8, 4) is 0 Å². The molecule has 5 heteroatoms. The van der Waals surface area contributed by atoms with Crippen LogP contribution in [0.2, 0.25) is 0 Å². The van der Waals surface area contributed by atoms with Crippen LogP contribution < -0.4 is 0 Å². The Balaban J connectivity index is 2.64. The van der Waals surface area contributed by atoms with Crippen molar-refractivity contribution in [2.75, 3.05) is 25.5 Å². The van der Waals surface area contributed by atoms with E-state index in [1.165, 1.54) is 0 Å². The van der Waals surface area contributed by atoms with Crippen molar-refractivity contribution in [2.24, 2.45) is 0 Å². The van der Waals surface area contributed by atoms with E-state index in [0.29, 0.717) is 13.1 Å². The van der Waals surface area contributed by atoms with E-state index in [-0.39, 0.29) is 23.7 Å². The van der Waals surface area contributed by atoms with Gasteiger partial charge in [0.25, 0.3) is 0 Å². The van der Waals surface area contributed by atoms with Crippen molar-refractivity contribution >= 4 is 23.4 Å². The van der Waals surface area contributed by atoms with E-state index in [4.69, 9.17) is 11.6 Å². The Bertz CT molecular complexity index is 284. The van der Waals surface area contributed by atoms with Crippen LogP contribution in [0.1, 0.15) is 33.1 Å². The fourth-order valence-electron chi connectivity index (χ4n) is 2.33. The SMILES string of the molecule is CCN(C[C@@H]1CCCCN1C(=O)CCl)C(C)=O. The zero-order valence-electron chi connectivity index (χ0n) is 10.6. The first kappa shape index (κ1) is 14.3. The van der Waals surface area contributed by atoms with Gasteiger partial charge >= 0.3 is 0 Å². The van der Waals surface area contributed by atoms with Crippen LogP contribution in [-0.4, -0.2) is 53.2 Å². The van der Waals surface area contributed by atoms with E-state index in [9.17, 15) is 9.59 Å². The molecule has 1 rings (SSSR count). The Hall–Kier alpha value is -0.770. The van der Waals surface area contributed by atoms with Gasteiger partial charge in [0.2, 0.25) is 11.8 Å². The molecule has 98 valence electrons. The zero-order chi connectivity index (χ0) is 12.8. The van der Waals surface area contributed by atoms with Crippen LogP contribution in [0.5, 0.6) is 0 Å². The number of piperidine rings is 1. The Morgan fingerprint density at radius 2 is 2.12 bits per heavy atom. The van der Waals surface area contributed by atoms with E-state index in [0.717, 1.165) is 25.8 Å². The zero-order valence-corrected chi connectivity index (χ0v) is 11.4. The van der Waals surface area contributed by atoms with E-state index in [1.54, 1.807) is 11.8 Å². The Morgan fingerprint density at radius 1 is 1.41 bits per heavy atom. The molecule has 0 aromatic heterocycles. The summed E-state index contributed by atoms with van der Waals surface area (Å²) in [5.74, 6) is 0.0789. The van der Waals surface area contributed by atoms with Crippen molar-refractivity contribution in [3.63, 3.8) is 0 Å². The maximum absolute atomic E-state index is 11.7. The quantitative estimate of drug-likeness (QED) is 0.719. The Kier molecular flexibility index (Phi) is 5.75. The molecule has 1 saturated heterocycles. The van der Waals surface area contributed by atoms with Gasteiger partial charge in [-0.05, 0) is 26.2 Å². The molecular weight excluding hydrogens is 240 g/mol. The standard InChI is InChI=1S/C12H21ClN2O2/c1-3-14(10(2)16)9-11-6-4-5-7-15(11)12(17)8-13/h11H,3-9H2,1-2H3/t11-/m0/s1. The predicted molar refractivity (Wildman–Crippen MR) is 68.0 cm³/mol. The van der Waals surface area contributed by atoms with Gasteiger partial charge in [0.05, 0.1) is 0 Å². The van der Waals surface area contributed by atoms with Gasteiger partial charge in [0.1, 0.15) is 5.88 Å². The fraction of sp³-hybridized carbons (Fsp3) is 0.833. The topological polar surface area (TPSA) is 40.6 Å². The molecule has 0 saturated carbocycles. The van der Waals surface area contributed by atoms with Crippen LogP contribution in [0.3, 0.4) is 0 Å². The Labute approximate surface area is 108 Å². The van der Waals surface area contributed by atoms with Crippen LogP contribution in [0.25, 0.3) is 0 Å². The second kappa shape index (κ2) is 6.84. The smallest absolute Gasteiger partial charge is 0.237 e. The molecular formula is C12H21ClN2O2. The molecule has 0 N–H and O–H groups in total. The normalized spacial score (nSPS) is 20.2. The summed E-state index contributed by atoms with van der Waals surface area (Å²) in [4.78, 5) is 26.7. The first-order chi connectivity index (χ1) is 8.10. The molecule has 0 aromatic carbocycles. The summed E-state index contributed by atoms with van der Waals surface area (Å²) in [5, 5.41) is 0. The molecule has 1 aliphatic rings. The third-order valence-electron chi connectivity index (χ3n) is 3.32. The minimum atomic E-state index is -0.0176. The minimum Gasteiger partial charge on any atom is -0.341 e. The molecule has 0 unspecified atom stereocenters. The van der Waals surface area contributed by atoms with Crippen LogP contribution in [0, 0.1) is 0 Å². The maximum atomic E-state index is 11.7. The molecule has 1 heterocycles. The van der Waals surface area contributed by atoms with Gasteiger partial charge in [-0.2, -0.15) is 0 Å². The van der Waals surface area contributed by atoms with Gasteiger partial charge in [-0.3, -0.25) is 9.59 Å². The average Bonchev–Trinajstić information content (AvgIpc) is 2.35. The highest BCUT2D eigenvalue weighted by Gasteiger charge is 2.27. The molecule has 0 spiro atoms. The van der Waals surface area contributed by atoms with Crippen molar-refractivity contribution in [2.45, 2.75) is 39.2 Å². The highest BCUT2D eigenvalue weighted by Crippen LogP contribution is 2.18. The van der Waals surface area contributed by atoms with E-state index in [2.05, 4.69) is 0 Å². The number of alkyl halides is 1. The number of amides is 2. The number of carbonyl (C=O) groups excluding carboxylic acids is 2. The van der Waals surface area contributed by atoms with Crippen molar-refractivity contribution in [1.29, 1.82) is 0 Å². The second-order valence-corrected chi connectivity index (χ2v) is 4.70. The molecule has 0 aliphatic carbocycles. The van der Waals surface area contributed by atoms with Gasteiger partial charge in [-0.25, -0.2) is 0 Å². The summed E-state index contributed by atoms with van der Waals surface area (Å²) in [7, 11) is 0. The maximum Gasteiger partial charge on any atom is 0.237 e. The van der Waals surface area contributed by atoms with Crippen LogP contribution in [-0.2, 0) is 9.59 Å². The average molecular weight is 261 g/mol. The second-order valence-electron chi connectivity index (χ2n) is 4.43. The van der Waals surface area contributed by atoms with Gasteiger partial charge in [0, 0.05) is 32.6 Å².